The number of anilines is 1. The molecular weight excluding hydrogens is 470 g/mol. The van der Waals surface area contributed by atoms with Crippen LogP contribution in [0.4, 0.5) is 5.82 Å². The Bertz CT molecular complexity index is 1510. The Morgan fingerprint density at radius 3 is 2.44 bits per heavy atom. The smallest absolute Gasteiger partial charge is 0.236 e. The zero-order valence-electron chi connectivity index (χ0n) is 20.2. The highest BCUT2D eigenvalue weighted by Crippen LogP contribution is 2.29. The van der Waals surface area contributed by atoms with Crippen LogP contribution in [-0.2, 0) is 4.79 Å². The molecule has 0 bridgehead atoms. The molecule has 5 aromatic rings. The number of rotatable bonds is 7. The normalized spacial score (nSPS) is 11.0. The second-order valence-corrected chi connectivity index (χ2v) is 9.36. The predicted octanol–water partition coefficient (Wildman–Crippen LogP) is 5.17. The lowest BCUT2D eigenvalue weighted by Gasteiger charge is -2.13. The number of nitrogens with zero attached hydrogens (tertiary/aromatic N) is 6. The molecule has 0 atom stereocenters. The van der Waals surface area contributed by atoms with Crippen molar-refractivity contribution < 1.29 is 4.79 Å². The molecule has 9 heteroatoms. The van der Waals surface area contributed by atoms with Gasteiger partial charge in [-0.05, 0) is 56.7 Å². The summed E-state index contributed by atoms with van der Waals surface area (Å²) < 4.78 is 3.73. The molecule has 0 aliphatic carbocycles. The second kappa shape index (κ2) is 10.2. The van der Waals surface area contributed by atoms with Crippen LogP contribution in [-0.4, -0.2) is 41.2 Å². The number of para-hydroxylation sites is 1. The average molecular weight is 496 g/mol. The topological polar surface area (TPSA) is 90.5 Å². The molecule has 0 radical (unpaired) electrons. The van der Waals surface area contributed by atoms with Crippen LogP contribution in [0.25, 0.3) is 22.8 Å². The molecule has 8 nitrogen and oxygen atoms in total. The van der Waals surface area contributed by atoms with Crippen molar-refractivity contribution in [2.45, 2.75) is 25.9 Å². The van der Waals surface area contributed by atoms with E-state index in [-0.39, 0.29) is 11.7 Å². The Morgan fingerprint density at radius 1 is 0.944 bits per heavy atom. The predicted molar refractivity (Wildman–Crippen MR) is 142 cm³/mol. The molecule has 36 heavy (non-hydrogen) atoms. The van der Waals surface area contributed by atoms with E-state index >= 15 is 0 Å². The maximum absolute atomic E-state index is 13.0. The molecule has 5 rings (SSSR count). The molecule has 2 aromatic carbocycles. The first-order valence-corrected chi connectivity index (χ1v) is 12.5. The molecule has 0 aliphatic heterocycles. The maximum Gasteiger partial charge on any atom is 0.236 e. The summed E-state index contributed by atoms with van der Waals surface area (Å²) in [7, 11) is 0. The summed E-state index contributed by atoms with van der Waals surface area (Å²) in [5.74, 6) is 1.33. The van der Waals surface area contributed by atoms with Crippen molar-refractivity contribution in [3.05, 3.63) is 95.9 Å². The Balaban J connectivity index is 1.39. The van der Waals surface area contributed by atoms with E-state index in [9.17, 15) is 4.79 Å². The number of aryl methyl sites for hydroxylation is 3. The molecule has 1 amide bonds. The van der Waals surface area contributed by atoms with Crippen molar-refractivity contribution in [3.63, 3.8) is 0 Å². The summed E-state index contributed by atoms with van der Waals surface area (Å²) in [5.41, 5.74) is 5.81. The first-order chi connectivity index (χ1) is 17.5. The molecule has 0 fully saturated rings. The summed E-state index contributed by atoms with van der Waals surface area (Å²) in [6.45, 7) is 5.98. The van der Waals surface area contributed by atoms with Crippen LogP contribution in [0.3, 0.4) is 0 Å². The zero-order chi connectivity index (χ0) is 25.1. The van der Waals surface area contributed by atoms with E-state index in [4.69, 9.17) is 0 Å². The Kier molecular flexibility index (Phi) is 6.64. The van der Waals surface area contributed by atoms with Crippen molar-refractivity contribution in [2.24, 2.45) is 0 Å². The van der Waals surface area contributed by atoms with Gasteiger partial charge in [0.1, 0.15) is 5.82 Å². The van der Waals surface area contributed by atoms with E-state index in [1.807, 2.05) is 92.1 Å². The average Bonchev–Trinajstić information content (AvgIpc) is 3.47. The van der Waals surface area contributed by atoms with Gasteiger partial charge in [-0.2, -0.15) is 5.10 Å². The molecule has 0 saturated carbocycles. The lowest BCUT2D eigenvalue weighted by atomic mass is 10.2. The van der Waals surface area contributed by atoms with Gasteiger partial charge in [-0.15, -0.1) is 10.2 Å². The Morgan fingerprint density at radius 2 is 1.69 bits per heavy atom. The molecule has 1 N–H and O–H groups in total. The van der Waals surface area contributed by atoms with Gasteiger partial charge in [0, 0.05) is 24.0 Å². The Hall–Kier alpha value is -4.24. The van der Waals surface area contributed by atoms with Crippen molar-refractivity contribution in [1.82, 2.24) is 29.5 Å². The van der Waals surface area contributed by atoms with Crippen LogP contribution in [0.15, 0.2) is 84.3 Å². The fourth-order valence-electron chi connectivity index (χ4n) is 3.86. The first-order valence-electron chi connectivity index (χ1n) is 11.5. The third kappa shape index (κ3) is 4.92. The summed E-state index contributed by atoms with van der Waals surface area (Å²) in [5, 5.41) is 17.1. The van der Waals surface area contributed by atoms with Crippen molar-refractivity contribution in [1.29, 1.82) is 0 Å². The van der Waals surface area contributed by atoms with Crippen LogP contribution >= 0.6 is 11.8 Å². The highest BCUT2D eigenvalue weighted by atomic mass is 32.2. The van der Waals surface area contributed by atoms with E-state index in [2.05, 4.69) is 25.6 Å². The largest absolute Gasteiger partial charge is 0.310 e. The van der Waals surface area contributed by atoms with Gasteiger partial charge in [0.2, 0.25) is 5.91 Å². The fraction of sp³-hybridized carbons (Fsp3) is 0.148. The summed E-state index contributed by atoms with van der Waals surface area (Å²) in [6, 6.07) is 21.7. The number of carbonyl (C=O) groups excluding carboxylic acids is 1. The standard InChI is InChI=1S/C27H25N7OS/c1-18-8-10-22(11-9-18)34-24(16-20(3)32-34)29-25(35)17-36-27-31-30-26(21-12-14-28-15-13-21)33(27)23-7-5-4-6-19(23)2/h4-16H,17H2,1-3H3,(H,29,35). The van der Waals surface area contributed by atoms with Crippen molar-refractivity contribution in [2.75, 3.05) is 11.1 Å². The third-order valence-electron chi connectivity index (χ3n) is 5.64. The van der Waals surface area contributed by atoms with Crippen molar-refractivity contribution in [3.8, 4) is 22.8 Å². The van der Waals surface area contributed by atoms with Crippen LogP contribution < -0.4 is 5.32 Å². The van der Waals surface area contributed by atoms with Crippen molar-refractivity contribution >= 4 is 23.5 Å². The molecule has 0 saturated heterocycles. The number of carbonyl (C=O) groups is 1. The fourth-order valence-corrected chi connectivity index (χ4v) is 4.61. The number of benzene rings is 2. The SMILES string of the molecule is Cc1ccc(-n2nc(C)cc2NC(=O)CSc2nnc(-c3ccncc3)n2-c2ccccc2C)cc1. The summed E-state index contributed by atoms with van der Waals surface area (Å²) in [4.78, 5) is 17.1. The summed E-state index contributed by atoms with van der Waals surface area (Å²) >= 11 is 1.34. The number of aromatic nitrogens is 6. The number of hydrogen-bond donors (Lipinski definition) is 1. The minimum Gasteiger partial charge on any atom is -0.310 e. The zero-order valence-corrected chi connectivity index (χ0v) is 21.0. The summed E-state index contributed by atoms with van der Waals surface area (Å²) in [6.07, 6.45) is 3.46. The molecule has 0 spiro atoms. The number of thioether (sulfide) groups is 1. The van der Waals surface area contributed by atoms with Gasteiger partial charge in [0.25, 0.3) is 0 Å². The van der Waals surface area contributed by atoms with E-state index in [0.717, 1.165) is 33.8 Å². The molecule has 180 valence electrons. The van der Waals surface area contributed by atoms with Crippen LogP contribution in [0.1, 0.15) is 16.8 Å². The van der Waals surface area contributed by atoms with E-state index in [1.54, 1.807) is 17.1 Å². The third-order valence-corrected chi connectivity index (χ3v) is 6.57. The molecular formula is C27H25N7OS. The van der Waals surface area contributed by atoms with E-state index in [0.29, 0.717) is 16.8 Å². The highest BCUT2D eigenvalue weighted by molar-refractivity contribution is 7.99. The van der Waals surface area contributed by atoms with Crippen LogP contribution in [0, 0.1) is 20.8 Å². The monoisotopic (exact) mass is 495 g/mol. The van der Waals surface area contributed by atoms with Gasteiger partial charge in [0.05, 0.1) is 22.8 Å². The quantitative estimate of drug-likeness (QED) is 0.313. The Labute approximate surface area is 213 Å². The van der Waals surface area contributed by atoms with Gasteiger partial charge >= 0.3 is 0 Å². The lowest BCUT2D eigenvalue weighted by Crippen LogP contribution is -2.17. The number of amides is 1. The molecule has 0 aliphatic rings. The van der Waals surface area contributed by atoms with Gasteiger partial charge < -0.3 is 5.32 Å². The molecule has 3 heterocycles. The minimum atomic E-state index is -0.155. The molecule has 0 unspecified atom stereocenters. The van der Waals surface area contributed by atoms with Gasteiger partial charge in [-0.3, -0.25) is 14.3 Å². The van der Waals surface area contributed by atoms with Crippen LogP contribution in [0.2, 0.25) is 0 Å². The van der Waals surface area contributed by atoms with Gasteiger partial charge in [0.15, 0.2) is 11.0 Å². The second-order valence-electron chi connectivity index (χ2n) is 8.42. The van der Waals surface area contributed by atoms with Gasteiger partial charge in [-0.1, -0.05) is 47.7 Å². The first kappa shape index (κ1) is 23.5. The van der Waals surface area contributed by atoms with Gasteiger partial charge in [-0.25, -0.2) is 4.68 Å². The van der Waals surface area contributed by atoms with Crippen LogP contribution in [0.5, 0.6) is 0 Å². The number of hydrogen-bond acceptors (Lipinski definition) is 6. The highest BCUT2D eigenvalue weighted by Gasteiger charge is 2.19. The lowest BCUT2D eigenvalue weighted by molar-refractivity contribution is -0.113. The number of nitrogens with one attached hydrogen (secondary N) is 1. The maximum atomic E-state index is 13.0. The molecule has 3 aromatic heterocycles. The van der Waals surface area contributed by atoms with E-state index < -0.39 is 0 Å². The number of pyridine rings is 1. The van der Waals surface area contributed by atoms with E-state index in [1.165, 1.54) is 11.8 Å². The minimum absolute atomic E-state index is 0.155.